The number of rotatable bonds is 5. The van der Waals surface area contributed by atoms with E-state index in [4.69, 9.17) is 9.47 Å². The van der Waals surface area contributed by atoms with Crippen molar-refractivity contribution in [2.45, 2.75) is 33.3 Å². The first-order chi connectivity index (χ1) is 14.7. The van der Waals surface area contributed by atoms with E-state index in [-0.39, 0.29) is 11.6 Å². The number of hydrogen-bond donors (Lipinski definition) is 2. The summed E-state index contributed by atoms with van der Waals surface area (Å²) in [4.78, 5) is 24.9. The van der Waals surface area contributed by atoms with E-state index < -0.39 is 11.7 Å². The molecular formula is C23H26N4O4. The molecule has 2 aromatic carbocycles. The predicted molar refractivity (Wildman–Crippen MR) is 119 cm³/mol. The largest absolute Gasteiger partial charge is 0.495 e. The highest BCUT2D eigenvalue weighted by Gasteiger charge is 2.19. The number of nitrogens with one attached hydrogen (secondary N) is 2. The average molecular weight is 422 g/mol. The Balaban J connectivity index is 1.78. The van der Waals surface area contributed by atoms with Crippen LogP contribution in [0.4, 0.5) is 16.2 Å². The molecule has 0 atom stereocenters. The zero-order chi connectivity index (χ0) is 22.6. The average Bonchev–Trinajstić information content (AvgIpc) is 3.09. The molecule has 0 aliphatic heterocycles. The monoisotopic (exact) mass is 422 g/mol. The van der Waals surface area contributed by atoms with Gasteiger partial charge in [-0.15, -0.1) is 0 Å². The van der Waals surface area contributed by atoms with Crippen molar-refractivity contribution in [2.24, 2.45) is 0 Å². The lowest BCUT2D eigenvalue weighted by Gasteiger charge is -2.20. The number of anilines is 2. The van der Waals surface area contributed by atoms with E-state index in [1.807, 2.05) is 37.3 Å². The highest BCUT2D eigenvalue weighted by Crippen LogP contribution is 2.28. The number of ether oxygens (including phenoxy) is 2. The van der Waals surface area contributed by atoms with Crippen molar-refractivity contribution in [3.63, 3.8) is 0 Å². The van der Waals surface area contributed by atoms with Gasteiger partial charge in [-0.3, -0.25) is 10.1 Å². The van der Waals surface area contributed by atoms with Crippen LogP contribution in [0.5, 0.6) is 5.75 Å². The van der Waals surface area contributed by atoms with E-state index in [0.717, 1.165) is 11.4 Å². The van der Waals surface area contributed by atoms with Crippen LogP contribution in [-0.2, 0) is 4.74 Å². The van der Waals surface area contributed by atoms with E-state index in [2.05, 4.69) is 15.7 Å². The van der Waals surface area contributed by atoms with Crippen LogP contribution < -0.4 is 15.4 Å². The Morgan fingerprint density at radius 3 is 2.35 bits per heavy atom. The molecular weight excluding hydrogens is 396 g/mol. The van der Waals surface area contributed by atoms with Crippen LogP contribution in [0.15, 0.2) is 54.6 Å². The fourth-order valence-electron chi connectivity index (χ4n) is 2.91. The third-order valence-corrected chi connectivity index (χ3v) is 4.21. The van der Waals surface area contributed by atoms with E-state index in [0.29, 0.717) is 17.1 Å². The van der Waals surface area contributed by atoms with Gasteiger partial charge in [0.2, 0.25) is 0 Å². The third kappa shape index (κ3) is 5.63. The van der Waals surface area contributed by atoms with Crippen LogP contribution in [-0.4, -0.2) is 34.5 Å². The van der Waals surface area contributed by atoms with Gasteiger partial charge >= 0.3 is 6.09 Å². The quantitative estimate of drug-likeness (QED) is 0.617. The molecule has 0 bridgehead atoms. The number of carbonyl (C=O) groups excluding carboxylic acids is 2. The Morgan fingerprint density at radius 2 is 1.71 bits per heavy atom. The van der Waals surface area contributed by atoms with Crippen molar-refractivity contribution in [3.8, 4) is 11.4 Å². The summed E-state index contributed by atoms with van der Waals surface area (Å²) in [5.41, 5.74) is 2.19. The molecule has 2 N–H and O–H groups in total. The number of methoxy groups -OCH3 is 1. The van der Waals surface area contributed by atoms with Crippen LogP contribution in [0.25, 0.3) is 5.69 Å². The van der Waals surface area contributed by atoms with E-state index in [9.17, 15) is 9.59 Å². The Morgan fingerprint density at radius 1 is 1.00 bits per heavy atom. The van der Waals surface area contributed by atoms with Crippen LogP contribution in [0.2, 0.25) is 0 Å². The van der Waals surface area contributed by atoms with Gasteiger partial charge in [-0.1, -0.05) is 18.2 Å². The molecule has 3 rings (SSSR count). The molecule has 0 aliphatic rings. The van der Waals surface area contributed by atoms with Crippen molar-refractivity contribution in [2.75, 3.05) is 17.7 Å². The number of aryl methyl sites for hydroxylation is 1. The number of hydrogen-bond acceptors (Lipinski definition) is 5. The maximum atomic E-state index is 12.8. The molecule has 0 fully saturated rings. The molecule has 0 spiro atoms. The molecule has 1 aromatic heterocycles. The molecule has 1 heterocycles. The van der Waals surface area contributed by atoms with Gasteiger partial charge in [0.1, 0.15) is 11.4 Å². The Labute approximate surface area is 181 Å². The summed E-state index contributed by atoms with van der Waals surface area (Å²) in [6, 6.07) is 16.2. The van der Waals surface area contributed by atoms with Gasteiger partial charge in [0, 0.05) is 11.4 Å². The van der Waals surface area contributed by atoms with Crippen molar-refractivity contribution in [3.05, 3.63) is 66.0 Å². The van der Waals surface area contributed by atoms with Crippen molar-refractivity contribution < 1.29 is 19.1 Å². The second-order valence-electron chi connectivity index (χ2n) is 7.91. The number of aromatic nitrogens is 2. The third-order valence-electron chi connectivity index (χ3n) is 4.21. The van der Waals surface area contributed by atoms with Crippen LogP contribution in [0.1, 0.15) is 37.0 Å². The lowest BCUT2D eigenvalue weighted by molar-refractivity contribution is 0.0635. The molecule has 0 saturated carbocycles. The minimum absolute atomic E-state index is 0.277. The lowest BCUT2D eigenvalue weighted by Crippen LogP contribution is -2.27. The fraction of sp³-hybridized carbons (Fsp3) is 0.261. The molecule has 3 aromatic rings. The van der Waals surface area contributed by atoms with E-state index in [1.165, 1.54) is 7.11 Å². The van der Waals surface area contributed by atoms with Gasteiger partial charge in [-0.25, -0.2) is 9.48 Å². The zero-order valence-electron chi connectivity index (χ0n) is 18.2. The normalized spacial score (nSPS) is 11.0. The van der Waals surface area contributed by atoms with E-state index >= 15 is 0 Å². The molecule has 0 radical (unpaired) electrons. The summed E-state index contributed by atoms with van der Waals surface area (Å²) in [7, 11) is 1.49. The number of carbonyl (C=O) groups is 2. The lowest BCUT2D eigenvalue weighted by atomic mass is 10.2. The van der Waals surface area contributed by atoms with Crippen LogP contribution in [0.3, 0.4) is 0 Å². The molecule has 31 heavy (non-hydrogen) atoms. The Kier molecular flexibility index (Phi) is 6.29. The highest BCUT2D eigenvalue weighted by atomic mass is 16.6. The smallest absolute Gasteiger partial charge is 0.412 e. The minimum Gasteiger partial charge on any atom is -0.495 e. The topological polar surface area (TPSA) is 94.5 Å². The standard InChI is InChI=1S/C23H26N4O4/c1-15-13-19(26-27(15)17-9-7-6-8-10-17)21(28)24-16-11-12-20(30-5)18(14-16)25-22(29)31-23(2,3)4/h6-14H,1-5H3,(H,24,28)(H,25,29). The Bertz CT molecular complexity index is 1080. The molecule has 2 amide bonds. The van der Waals surface area contributed by atoms with Gasteiger partial charge < -0.3 is 14.8 Å². The van der Waals surface area contributed by atoms with Crippen LogP contribution >= 0.6 is 0 Å². The summed E-state index contributed by atoms with van der Waals surface area (Å²) in [5, 5.41) is 9.86. The van der Waals surface area contributed by atoms with Gasteiger partial charge in [-0.05, 0) is 64.1 Å². The van der Waals surface area contributed by atoms with Gasteiger partial charge in [0.15, 0.2) is 5.69 Å². The molecule has 8 nitrogen and oxygen atoms in total. The second-order valence-corrected chi connectivity index (χ2v) is 7.91. The summed E-state index contributed by atoms with van der Waals surface area (Å²) in [5.74, 6) is 0.0687. The Hall–Kier alpha value is -3.81. The van der Waals surface area contributed by atoms with Crippen LogP contribution in [0, 0.1) is 6.92 Å². The van der Waals surface area contributed by atoms with Crippen molar-refractivity contribution in [1.82, 2.24) is 9.78 Å². The summed E-state index contributed by atoms with van der Waals surface area (Å²) in [6.45, 7) is 7.21. The number of amides is 2. The number of benzene rings is 2. The second kappa shape index (κ2) is 8.91. The molecule has 0 aliphatic carbocycles. The number of para-hydroxylation sites is 1. The maximum absolute atomic E-state index is 12.8. The van der Waals surface area contributed by atoms with Gasteiger partial charge in [-0.2, -0.15) is 5.10 Å². The molecule has 8 heteroatoms. The SMILES string of the molecule is COc1ccc(NC(=O)c2cc(C)n(-c3ccccc3)n2)cc1NC(=O)OC(C)(C)C. The van der Waals surface area contributed by atoms with Gasteiger partial charge in [0.05, 0.1) is 18.5 Å². The fourth-order valence-corrected chi connectivity index (χ4v) is 2.91. The minimum atomic E-state index is -0.640. The predicted octanol–water partition coefficient (Wildman–Crippen LogP) is 4.79. The highest BCUT2D eigenvalue weighted by molar-refractivity contribution is 6.03. The van der Waals surface area contributed by atoms with Gasteiger partial charge in [0.25, 0.3) is 5.91 Å². The molecule has 162 valence electrons. The van der Waals surface area contributed by atoms with E-state index in [1.54, 1.807) is 49.7 Å². The van der Waals surface area contributed by atoms with Crippen molar-refractivity contribution >= 4 is 23.4 Å². The summed E-state index contributed by atoms with van der Waals surface area (Å²) < 4.78 is 12.3. The summed E-state index contributed by atoms with van der Waals surface area (Å²) >= 11 is 0. The molecule has 0 unspecified atom stereocenters. The first kappa shape index (κ1) is 21.9. The zero-order valence-corrected chi connectivity index (χ0v) is 18.2. The number of nitrogens with zero attached hydrogens (tertiary/aromatic N) is 2. The maximum Gasteiger partial charge on any atom is 0.412 e. The summed E-state index contributed by atoms with van der Waals surface area (Å²) in [6.07, 6.45) is -0.619. The first-order valence-corrected chi connectivity index (χ1v) is 9.78. The van der Waals surface area contributed by atoms with Crippen molar-refractivity contribution in [1.29, 1.82) is 0 Å². The first-order valence-electron chi connectivity index (χ1n) is 9.78. The molecule has 0 saturated heterocycles.